The summed E-state index contributed by atoms with van der Waals surface area (Å²) in [4.78, 5) is 14.7. The SMILES string of the molecule is CC(C)Cc1cc(NC(=O)c2ccc[nH]2)n(C)n1. The fourth-order valence-electron chi connectivity index (χ4n) is 1.82. The zero-order valence-electron chi connectivity index (χ0n) is 10.9. The van der Waals surface area contributed by atoms with Crippen LogP contribution in [0.2, 0.25) is 0 Å². The third kappa shape index (κ3) is 2.80. The van der Waals surface area contributed by atoms with Crippen molar-refractivity contribution in [3.63, 3.8) is 0 Å². The standard InChI is InChI=1S/C13H18N4O/c1-9(2)7-10-8-12(17(3)16-10)15-13(18)11-5-4-6-14-11/h4-6,8-9,14H,7H2,1-3H3,(H,15,18). The zero-order valence-corrected chi connectivity index (χ0v) is 10.9. The Kier molecular flexibility index (Phi) is 3.50. The Morgan fingerprint density at radius 1 is 1.56 bits per heavy atom. The maximum Gasteiger partial charge on any atom is 0.273 e. The molecular formula is C13H18N4O. The second kappa shape index (κ2) is 5.08. The van der Waals surface area contributed by atoms with Crippen LogP contribution in [0, 0.1) is 5.92 Å². The molecule has 2 rings (SSSR count). The molecule has 0 aliphatic heterocycles. The molecule has 5 nitrogen and oxygen atoms in total. The summed E-state index contributed by atoms with van der Waals surface area (Å²) in [6, 6.07) is 5.45. The van der Waals surface area contributed by atoms with Gasteiger partial charge < -0.3 is 10.3 Å². The highest BCUT2D eigenvalue weighted by Crippen LogP contribution is 2.13. The molecule has 0 atom stereocenters. The van der Waals surface area contributed by atoms with Crippen LogP contribution in [-0.4, -0.2) is 20.7 Å². The van der Waals surface area contributed by atoms with E-state index in [0.29, 0.717) is 17.4 Å². The van der Waals surface area contributed by atoms with Gasteiger partial charge in [-0.05, 0) is 24.5 Å². The van der Waals surface area contributed by atoms with Crippen LogP contribution in [0.5, 0.6) is 0 Å². The molecule has 2 aromatic heterocycles. The van der Waals surface area contributed by atoms with Gasteiger partial charge in [-0.2, -0.15) is 5.10 Å². The Hall–Kier alpha value is -2.04. The molecule has 0 aliphatic carbocycles. The monoisotopic (exact) mass is 246 g/mol. The third-order valence-electron chi connectivity index (χ3n) is 2.63. The van der Waals surface area contributed by atoms with E-state index in [0.717, 1.165) is 12.1 Å². The lowest BCUT2D eigenvalue weighted by molar-refractivity contribution is 0.102. The van der Waals surface area contributed by atoms with Crippen LogP contribution in [0.25, 0.3) is 0 Å². The quantitative estimate of drug-likeness (QED) is 0.868. The lowest BCUT2D eigenvalue weighted by Crippen LogP contribution is -2.14. The summed E-state index contributed by atoms with van der Waals surface area (Å²) in [7, 11) is 1.83. The molecule has 2 N–H and O–H groups in total. The highest BCUT2D eigenvalue weighted by molar-refractivity contribution is 6.02. The number of nitrogens with one attached hydrogen (secondary N) is 2. The first-order chi connectivity index (χ1) is 8.56. The number of aromatic nitrogens is 3. The maximum atomic E-state index is 11.9. The topological polar surface area (TPSA) is 62.7 Å². The number of amides is 1. The number of rotatable bonds is 4. The zero-order chi connectivity index (χ0) is 13.1. The smallest absolute Gasteiger partial charge is 0.273 e. The summed E-state index contributed by atoms with van der Waals surface area (Å²) in [5.41, 5.74) is 1.54. The molecule has 0 spiro atoms. The molecule has 96 valence electrons. The summed E-state index contributed by atoms with van der Waals surface area (Å²) in [5, 5.41) is 7.21. The molecule has 0 saturated carbocycles. The lowest BCUT2D eigenvalue weighted by Gasteiger charge is -2.02. The molecule has 0 aromatic carbocycles. The van der Waals surface area contributed by atoms with E-state index in [1.807, 2.05) is 13.1 Å². The highest BCUT2D eigenvalue weighted by atomic mass is 16.2. The van der Waals surface area contributed by atoms with Crippen LogP contribution >= 0.6 is 0 Å². The van der Waals surface area contributed by atoms with Crippen LogP contribution in [-0.2, 0) is 13.5 Å². The number of anilines is 1. The summed E-state index contributed by atoms with van der Waals surface area (Å²) in [6.07, 6.45) is 2.63. The minimum Gasteiger partial charge on any atom is -0.357 e. The van der Waals surface area contributed by atoms with Crippen molar-refractivity contribution in [2.45, 2.75) is 20.3 Å². The van der Waals surface area contributed by atoms with Gasteiger partial charge in [0.05, 0.1) is 5.69 Å². The second-order valence-electron chi connectivity index (χ2n) is 4.78. The van der Waals surface area contributed by atoms with Gasteiger partial charge in [-0.15, -0.1) is 0 Å². The summed E-state index contributed by atoms with van der Waals surface area (Å²) >= 11 is 0. The molecule has 1 amide bonds. The van der Waals surface area contributed by atoms with Gasteiger partial charge in [-0.3, -0.25) is 9.48 Å². The van der Waals surface area contributed by atoms with Crippen molar-refractivity contribution in [1.82, 2.24) is 14.8 Å². The van der Waals surface area contributed by atoms with Gasteiger partial charge in [-0.25, -0.2) is 0 Å². The second-order valence-corrected chi connectivity index (χ2v) is 4.78. The Balaban J connectivity index is 2.10. The van der Waals surface area contributed by atoms with Gasteiger partial charge >= 0.3 is 0 Å². The van der Waals surface area contributed by atoms with Crippen LogP contribution in [0.15, 0.2) is 24.4 Å². The predicted molar refractivity (Wildman–Crippen MR) is 70.5 cm³/mol. The number of carbonyl (C=O) groups excluding carboxylic acids is 1. The summed E-state index contributed by atoms with van der Waals surface area (Å²) < 4.78 is 1.69. The minimum absolute atomic E-state index is 0.154. The molecule has 2 heterocycles. The van der Waals surface area contributed by atoms with E-state index in [2.05, 4.69) is 29.2 Å². The average molecular weight is 246 g/mol. The van der Waals surface area contributed by atoms with Crippen molar-refractivity contribution in [3.05, 3.63) is 35.8 Å². The molecule has 0 bridgehead atoms. The molecule has 0 radical (unpaired) electrons. The molecule has 2 aromatic rings. The highest BCUT2D eigenvalue weighted by Gasteiger charge is 2.11. The average Bonchev–Trinajstić information content (AvgIpc) is 2.88. The van der Waals surface area contributed by atoms with E-state index < -0.39 is 0 Å². The van der Waals surface area contributed by atoms with Crippen molar-refractivity contribution in [2.75, 3.05) is 5.32 Å². The Morgan fingerprint density at radius 3 is 2.94 bits per heavy atom. The third-order valence-corrected chi connectivity index (χ3v) is 2.63. The van der Waals surface area contributed by atoms with Crippen LogP contribution in [0.1, 0.15) is 30.0 Å². The van der Waals surface area contributed by atoms with Crippen molar-refractivity contribution in [3.8, 4) is 0 Å². The number of hydrogen-bond acceptors (Lipinski definition) is 2. The fourth-order valence-corrected chi connectivity index (χ4v) is 1.82. The van der Waals surface area contributed by atoms with E-state index in [-0.39, 0.29) is 5.91 Å². The van der Waals surface area contributed by atoms with E-state index in [1.165, 1.54) is 0 Å². The minimum atomic E-state index is -0.154. The van der Waals surface area contributed by atoms with Gasteiger partial charge in [-0.1, -0.05) is 13.8 Å². The first-order valence-corrected chi connectivity index (χ1v) is 6.04. The summed E-state index contributed by atoms with van der Waals surface area (Å²) in [5.74, 6) is 1.11. The molecule has 5 heteroatoms. The van der Waals surface area contributed by atoms with Crippen LogP contribution < -0.4 is 5.32 Å². The van der Waals surface area contributed by atoms with Gasteiger partial charge in [0.25, 0.3) is 5.91 Å². The summed E-state index contributed by atoms with van der Waals surface area (Å²) in [6.45, 7) is 4.29. The number of carbonyl (C=O) groups is 1. The normalized spacial score (nSPS) is 10.9. The number of hydrogen-bond donors (Lipinski definition) is 2. The number of aromatic amines is 1. The molecule has 18 heavy (non-hydrogen) atoms. The van der Waals surface area contributed by atoms with Gasteiger partial charge in [0, 0.05) is 19.3 Å². The Morgan fingerprint density at radius 2 is 2.33 bits per heavy atom. The predicted octanol–water partition coefficient (Wildman–Crippen LogP) is 2.20. The van der Waals surface area contributed by atoms with Crippen molar-refractivity contribution in [2.24, 2.45) is 13.0 Å². The maximum absolute atomic E-state index is 11.9. The Labute approximate surface area is 106 Å². The van der Waals surface area contributed by atoms with Crippen molar-refractivity contribution < 1.29 is 4.79 Å². The van der Waals surface area contributed by atoms with E-state index in [4.69, 9.17) is 0 Å². The first-order valence-electron chi connectivity index (χ1n) is 6.04. The number of aryl methyl sites for hydroxylation is 1. The fraction of sp³-hybridized carbons (Fsp3) is 0.385. The molecular weight excluding hydrogens is 228 g/mol. The van der Waals surface area contributed by atoms with Crippen LogP contribution in [0.3, 0.4) is 0 Å². The van der Waals surface area contributed by atoms with E-state index in [9.17, 15) is 4.79 Å². The van der Waals surface area contributed by atoms with Gasteiger partial charge in [0.15, 0.2) is 0 Å². The van der Waals surface area contributed by atoms with E-state index in [1.54, 1.807) is 23.0 Å². The molecule has 0 saturated heterocycles. The molecule has 0 unspecified atom stereocenters. The largest absolute Gasteiger partial charge is 0.357 e. The molecule has 0 fully saturated rings. The lowest BCUT2D eigenvalue weighted by atomic mass is 10.1. The van der Waals surface area contributed by atoms with Gasteiger partial charge in [0.1, 0.15) is 11.5 Å². The van der Waals surface area contributed by atoms with Crippen molar-refractivity contribution >= 4 is 11.7 Å². The van der Waals surface area contributed by atoms with Crippen LogP contribution in [0.4, 0.5) is 5.82 Å². The first kappa shape index (κ1) is 12.4. The van der Waals surface area contributed by atoms with Crippen molar-refractivity contribution in [1.29, 1.82) is 0 Å². The van der Waals surface area contributed by atoms with Gasteiger partial charge in [0.2, 0.25) is 0 Å². The number of H-pyrrole nitrogens is 1. The van der Waals surface area contributed by atoms with E-state index >= 15 is 0 Å². The number of nitrogens with zero attached hydrogens (tertiary/aromatic N) is 2. The Bertz CT molecular complexity index is 525. The molecule has 0 aliphatic rings.